The SMILES string of the molecule is COc1ccc(C2/C(=C(\O)c3c(OC)cccc3OC)C(=O)C(=O)N2CC2CCCO2)cc1O. The number of rotatable bonds is 7. The van der Waals surface area contributed by atoms with Gasteiger partial charge < -0.3 is 34.1 Å². The van der Waals surface area contributed by atoms with Crippen molar-refractivity contribution in [1.29, 1.82) is 0 Å². The lowest BCUT2D eigenvalue weighted by Gasteiger charge is -2.28. The van der Waals surface area contributed by atoms with Gasteiger partial charge in [0.05, 0.1) is 39.0 Å². The zero-order valence-electron chi connectivity index (χ0n) is 19.2. The van der Waals surface area contributed by atoms with Gasteiger partial charge in [-0.1, -0.05) is 12.1 Å². The number of likely N-dealkylation sites (tertiary alicyclic amines) is 1. The number of carbonyl (C=O) groups is 2. The summed E-state index contributed by atoms with van der Waals surface area (Å²) in [4.78, 5) is 27.8. The van der Waals surface area contributed by atoms with Crippen LogP contribution in [0.5, 0.6) is 23.0 Å². The summed E-state index contributed by atoms with van der Waals surface area (Å²) in [5.41, 5.74) is 0.464. The van der Waals surface area contributed by atoms with Crippen molar-refractivity contribution < 1.29 is 38.7 Å². The Balaban J connectivity index is 1.91. The number of hydrogen-bond donors (Lipinski definition) is 2. The van der Waals surface area contributed by atoms with Crippen molar-refractivity contribution >= 4 is 17.4 Å². The molecule has 34 heavy (non-hydrogen) atoms. The maximum atomic E-state index is 13.3. The molecule has 2 aromatic carbocycles. The molecule has 180 valence electrons. The zero-order valence-corrected chi connectivity index (χ0v) is 19.2. The van der Waals surface area contributed by atoms with Gasteiger partial charge in [-0.3, -0.25) is 9.59 Å². The van der Waals surface area contributed by atoms with Gasteiger partial charge in [-0.25, -0.2) is 0 Å². The Kier molecular flexibility index (Phi) is 6.65. The van der Waals surface area contributed by atoms with Gasteiger partial charge in [0.15, 0.2) is 11.5 Å². The Morgan fingerprint density at radius 1 is 1.06 bits per heavy atom. The second-order valence-corrected chi connectivity index (χ2v) is 8.06. The van der Waals surface area contributed by atoms with Crippen LogP contribution in [-0.4, -0.2) is 67.4 Å². The van der Waals surface area contributed by atoms with E-state index >= 15 is 0 Å². The van der Waals surface area contributed by atoms with Crippen LogP contribution in [0, 0.1) is 0 Å². The van der Waals surface area contributed by atoms with E-state index in [2.05, 4.69) is 0 Å². The van der Waals surface area contributed by atoms with Crippen LogP contribution in [0.1, 0.15) is 30.0 Å². The number of aliphatic hydroxyl groups excluding tert-OH is 1. The van der Waals surface area contributed by atoms with Crippen molar-refractivity contribution in [3.05, 3.63) is 53.1 Å². The molecule has 9 nitrogen and oxygen atoms in total. The minimum Gasteiger partial charge on any atom is -0.506 e. The number of benzene rings is 2. The number of ether oxygens (including phenoxy) is 4. The number of amides is 1. The van der Waals surface area contributed by atoms with Crippen LogP contribution in [0.2, 0.25) is 0 Å². The lowest BCUT2D eigenvalue weighted by molar-refractivity contribution is -0.140. The summed E-state index contributed by atoms with van der Waals surface area (Å²) in [7, 11) is 4.29. The highest BCUT2D eigenvalue weighted by Gasteiger charge is 2.47. The predicted octanol–water partition coefficient (Wildman–Crippen LogP) is 3.02. The molecule has 9 heteroatoms. The molecule has 1 amide bonds. The lowest BCUT2D eigenvalue weighted by Crippen LogP contribution is -2.36. The van der Waals surface area contributed by atoms with E-state index in [1.54, 1.807) is 30.3 Å². The van der Waals surface area contributed by atoms with E-state index in [1.807, 2.05) is 0 Å². The van der Waals surface area contributed by atoms with Crippen LogP contribution in [0.25, 0.3) is 5.76 Å². The number of carbonyl (C=O) groups excluding carboxylic acids is 2. The number of Topliss-reactive ketones (excluding diaryl/α,β-unsaturated/α-hetero) is 1. The molecule has 0 saturated carbocycles. The van der Waals surface area contributed by atoms with E-state index in [0.717, 1.165) is 12.8 Å². The summed E-state index contributed by atoms with van der Waals surface area (Å²) in [6, 6.07) is 8.57. The van der Waals surface area contributed by atoms with Gasteiger partial charge in [0, 0.05) is 13.2 Å². The highest BCUT2D eigenvalue weighted by atomic mass is 16.5. The van der Waals surface area contributed by atoms with Gasteiger partial charge in [-0.15, -0.1) is 0 Å². The number of nitrogens with zero attached hydrogens (tertiary/aromatic N) is 1. The highest BCUT2D eigenvalue weighted by molar-refractivity contribution is 6.46. The molecular formula is C25H27NO8. The van der Waals surface area contributed by atoms with Gasteiger partial charge in [0.1, 0.15) is 22.8 Å². The van der Waals surface area contributed by atoms with Gasteiger partial charge in [0.2, 0.25) is 0 Å². The lowest BCUT2D eigenvalue weighted by atomic mass is 9.94. The molecule has 2 fully saturated rings. The predicted molar refractivity (Wildman–Crippen MR) is 122 cm³/mol. The summed E-state index contributed by atoms with van der Waals surface area (Å²) in [6.07, 6.45) is 1.39. The van der Waals surface area contributed by atoms with Crippen LogP contribution < -0.4 is 14.2 Å². The highest BCUT2D eigenvalue weighted by Crippen LogP contribution is 2.45. The van der Waals surface area contributed by atoms with Crippen molar-refractivity contribution in [2.75, 3.05) is 34.5 Å². The molecule has 2 heterocycles. The molecule has 2 unspecified atom stereocenters. The van der Waals surface area contributed by atoms with Crippen molar-refractivity contribution in [2.24, 2.45) is 0 Å². The van der Waals surface area contributed by atoms with E-state index in [0.29, 0.717) is 12.2 Å². The van der Waals surface area contributed by atoms with Gasteiger partial charge in [-0.2, -0.15) is 0 Å². The number of hydrogen-bond acceptors (Lipinski definition) is 8. The Bertz CT molecular complexity index is 1110. The van der Waals surface area contributed by atoms with Gasteiger partial charge in [-0.05, 0) is 42.7 Å². The topological polar surface area (TPSA) is 115 Å². The third-order valence-corrected chi connectivity index (χ3v) is 6.15. The maximum absolute atomic E-state index is 13.3. The second kappa shape index (κ2) is 9.64. The molecular weight excluding hydrogens is 442 g/mol. The van der Waals surface area contributed by atoms with Crippen LogP contribution in [0.4, 0.5) is 0 Å². The summed E-state index contributed by atoms with van der Waals surface area (Å²) in [5, 5.41) is 21.8. The molecule has 2 saturated heterocycles. The first-order chi connectivity index (χ1) is 16.4. The molecule has 0 aromatic heterocycles. The summed E-state index contributed by atoms with van der Waals surface area (Å²) in [6.45, 7) is 0.753. The average molecular weight is 469 g/mol. The fourth-order valence-electron chi connectivity index (χ4n) is 4.52. The summed E-state index contributed by atoms with van der Waals surface area (Å²) >= 11 is 0. The minimum atomic E-state index is -0.962. The Hall–Kier alpha value is -3.72. The molecule has 0 radical (unpaired) electrons. The molecule has 4 rings (SSSR count). The number of aromatic hydroxyl groups is 1. The molecule has 2 aliphatic rings. The molecule has 0 spiro atoms. The first kappa shape index (κ1) is 23.4. The van der Waals surface area contributed by atoms with E-state index in [-0.39, 0.29) is 46.8 Å². The first-order valence-electron chi connectivity index (χ1n) is 10.9. The maximum Gasteiger partial charge on any atom is 0.295 e. The third kappa shape index (κ3) is 4.03. The van der Waals surface area contributed by atoms with Crippen molar-refractivity contribution in [2.45, 2.75) is 25.0 Å². The van der Waals surface area contributed by atoms with Gasteiger partial charge in [0.25, 0.3) is 11.7 Å². The Morgan fingerprint density at radius 2 is 1.74 bits per heavy atom. The third-order valence-electron chi connectivity index (χ3n) is 6.15. The van der Waals surface area contributed by atoms with E-state index < -0.39 is 23.5 Å². The minimum absolute atomic E-state index is 0.129. The molecule has 2 aliphatic heterocycles. The summed E-state index contributed by atoms with van der Waals surface area (Å²) in [5.74, 6) is -1.39. The largest absolute Gasteiger partial charge is 0.506 e. The normalized spacial score (nSPS) is 21.7. The van der Waals surface area contributed by atoms with Crippen LogP contribution in [0.15, 0.2) is 42.0 Å². The van der Waals surface area contributed by atoms with Crippen LogP contribution in [-0.2, 0) is 14.3 Å². The first-order valence-corrected chi connectivity index (χ1v) is 10.9. The van der Waals surface area contributed by atoms with E-state index in [9.17, 15) is 19.8 Å². The molecule has 2 atom stereocenters. The van der Waals surface area contributed by atoms with E-state index in [4.69, 9.17) is 18.9 Å². The number of phenolic OH excluding ortho intramolecular Hbond substituents is 1. The fraction of sp³-hybridized carbons (Fsp3) is 0.360. The van der Waals surface area contributed by atoms with Crippen molar-refractivity contribution in [3.63, 3.8) is 0 Å². The van der Waals surface area contributed by atoms with Crippen LogP contribution in [0.3, 0.4) is 0 Å². The number of methoxy groups -OCH3 is 3. The second-order valence-electron chi connectivity index (χ2n) is 8.06. The Labute approximate surface area is 197 Å². The average Bonchev–Trinajstić information content (AvgIpc) is 3.45. The van der Waals surface area contributed by atoms with Crippen LogP contribution >= 0.6 is 0 Å². The smallest absolute Gasteiger partial charge is 0.295 e. The number of ketones is 1. The monoisotopic (exact) mass is 469 g/mol. The molecule has 2 N–H and O–H groups in total. The van der Waals surface area contributed by atoms with E-state index in [1.165, 1.54) is 32.3 Å². The number of phenols is 1. The van der Waals surface area contributed by atoms with Crippen molar-refractivity contribution in [3.8, 4) is 23.0 Å². The molecule has 2 aromatic rings. The zero-order chi connectivity index (χ0) is 24.4. The fourth-order valence-corrected chi connectivity index (χ4v) is 4.52. The standard InChI is InChI=1S/C25H27NO8/c1-31-17-10-9-14(12-16(17)27)22-21(23(28)20-18(32-2)7-4-8-19(20)33-3)24(29)25(30)26(22)13-15-6-5-11-34-15/h4,7-10,12,15,22,27-28H,5-6,11,13H2,1-3H3/b23-21+. The molecule has 0 aliphatic carbocycles. The molecule has 0 bridgehead atoms. The van der Waals surface area contributed by atoms with Crippen molar-refractivity contribution in [1.82, 2.24) is 4.90 Å². The van der Waals surface area contributed by atoms with Gasteiger partial charge >= 0.3 is 0 Å². The number of aliphatic hydroxyl groups is 1. The Morgan fingerprint density at radius 3 is 2.29 bits per heavy atom. The summed E-state index contributed by atoms with van der Waals surface area (Å²) < 4.78 is 21.6. The quantitative estimate of drug-likeness (QED) is 0.361.